The fraction of sp³-hybridized carbons (Fsp3) is 1.00. The highest BCUT2D eigenvalue weighted by Crippen LogP contribution is 2.01. The van der Waals surface area contributed by atoms with Crippen molar-refractivity contribution in [2.45, 2.75) is 19.2 Å². The van der Waals surface area contributed by atoms with E-state index in [9.17, 15) is 5.11 Å². The lowest BCUT2D eigenvalue weighted by Crippen LogP contribution is -2.46. The Kier molecular flexibility index (Phi) is 10.4. The molecule has 0 aliphatic carbocycles. The van der Waals surface area contributed by atoms with Crippen LogP contribution in [0.5, 0.6) is 0 Å². The largest absolute Gasteiger partial charge is 0.381 e. The number of hydrogen-bond donors (Lipinski definition) is 2. The van der Waals surface area contributed by atoms with Gasteiger partial charge < -0.3 is 15.1 Å². The van der Waals surface area contributed by atoms with Crippen LogP contribution in [0.3, 0.4) is 0 Å². The maximum absolute atomic E-state index is 10.1. The molecule has 0 aromatic rings. The van der Waals surface area contributed by atoms with Gasteiger partial charge in [0.2, 0.25) is 0 Å². The molecule has 0 saturated carbocycles. The second kappa shape index (κ2) is 10.5. The number of rotatable bonds is 11. The van der Waals surface area contributed by atoms with Gasteiger partial charge in [-0.15, -0.1) is 0 Å². The molecule has 0 aliphatic rings. The standard InChI is InChI=1S/C13H32N4O2/c1-14(2)8-6-10-16(4)13(19)17(5)11-7-9-15(3)12-18/h13,18-19H,6-12H2,1-5H3. The summed E-state index contributed by atoms with van der Waals surface area (Å²) in [6, 6.07) is 0. The first-order valence-electron chi connectivity index (χ1n) is 6.91. The number of nitrogens with zero attached hydrogens (tertiary/aromatic N) is 4. The summed E-state index contributed by atoms with van der Waals surface area (Å²) < 4.78 is 0. The summed E-state index contributed by atoms with van der Waals surface area (Å²) >= 11 is 0. The molecule has 0 saturated heterocycles. The smallest absolute Gasteiger partial charge is 0.165 e. The predicted molar refractivity (Wildman–Crippen MR) is 78.8 cm³/mol. The molecule has 1 unspecified atom stereocenters. The molecule has 0 heterocycles. The summed E-state index contributed by atoms with van der Waals surface area (Å²) in [5.41, 5.74) is 0. The van der Waals surface area contributed by atoms with Crippen LogP contribution in [0.2, 0.25) is 0 Å². The Balaban J connectivity index is 3.80. The molecule has 0 rings (SSSR count). The minimum absolute atomic E-state index is 0.0801. The van der Waals surface area contributed by atoms with Crippen LogP contribution in [0, 0.1) is 0 Å². The number of hydrogen-bond acceptors (Lipinski definition) is 6. The van der Waals surface area contributed by atoms with Crippen LogP contribution >= 0.6 is 0 Å². The minimum Gasteiger partial charge on any atom is -0.381 e. The molecule has 116 valence electrons. The van der Waals surface area contributed by atoms with Gasteiger partial charge in [0.25, 0.3) is 0 Å². The SMILES string of the molecule is CN(C)CCCN(C)C(O)N(C)CCCN(C)CO. The zero-order valence-corrected chi connectivity index (χ0v) is 13.2. The quantitative estimate of drug-likeness (QED) is 0.489. The van der Waals surface area contributed by atoms with E-state index in [0.29, 0.717) is 0 Å². The van der Waals surface area contributed by atoms with E-state index >= 15 is 0 Å². The molecular formula is C13H32N4O2. The van der Waals surface area contributed by atoms with Crippen molar-refractivity contribution in [2.75, 3.05) is 68.1 Å². The molecule has 0 aromatic heterocycles. The van der Waals surface area contributed by atoms with Gasteiger partial charge in [-0.25, -0.2) is 0 Å². The van der Waals surface area contributed by atoms with E-state index in [2.05, 4.69) is 19.0 Å². The van der Waals surface area contributed by atoms with E-state index in [1.54, 1.807) is 0 Å². The molecule has 6 nitrogen and oxygen atoms in total. The van der Waals surface area contributed by atoms with Gasteiger partial charge in [0, 0.05) is 19.6 Å². The molecule has 2 N–H and O–H groups in total. The Bertz CT molecular complexity index is 217. The van der Waals surface area contributed by atoms with Crippen molar-refractivity contribution < 1.29 is 10.2 Å². The normalized spacial score (nSPS) is 14.1. The van der Waals surface area contributed by atoms with Crippen LogP contribution in [0.15, 0.2) is 0 Å². The zero-order chi connectivity index (χ0) is 14.8. The average Bonchev–Trinajstić information content (AvgIpc) is 2.36. The molecule has 6 heteroatoms. The monoisotopic (exact) mass is 276 g/mol. The summed E-state index contributed by atoms with van der Waals surface area (Å²) in [5, 5.41) is 19.0. The van der Waals surface area contributed by atoms with E-state index in [0.717, 1.165) is 39.0 Å². The lowest BCUT2D eigenvalue weighted by atomic mass is 10.3. The van der Waals surface area contributed by atoms with Crippen molar-refractivity contribution in [2.24, 2.45) is 0 Å². The third-order valence-electron chi connectivity index (χ3n) is 3.20. The van der Waals surface area contributed by atoms with Gasteiger partial charge in [-0.3, -0.25) is 14.7 Å². The van der Waals surface area contributed by atoms with Gasteiger partial charge in [0.1, 0.15) is 0 Å². The van der Waals surface area contributed by atoms with Crippen molar-refractivity contribution >= 4 is 0 Å². The third kappa shape index (κ3) is 9.32. The van der Waals surface area contributed by atoms with E-state index in [-0.39, 0.29) is 6.73 Å². The maximum Gasteiger partial charge on any atom is 0.165 e. The Morgan fingerprint density at radius 2 is 1.26 bits per heavy atom. The molecule has 0 radical (unpaired) electrons. The maximum atomic E-state index is 10.1. The van der Waals surface area contributed by atoms with E-state index in [1.165, 1.54) is 0 Å². The number of aliphatic hydroxyl groups is 2. The van der Waals surface area contributed by atoms with E-state index in [1.807, 2.05) is 35.8 Å². The van der Waals surface area contributed by atoms with Gasteiger partial charge in [-0.1, -0.05) is 0 Å². The predicted octanol–water partition coefficient (Wildman–Crippen LogP) is -0.651. The van der Waals surface area contributed by atoms with Crippen LogP contribution in [-0.4, -0.2) is 104 Å². The highest BCUT2D eigenvalue weighted by atomic mass is 16.3. The Labute approximate surface area is 118 Å². The van der Waals surface area contributed by atoms with Crippen molar-refractivity contribution in [3.63, 3.8) is 0 Å². The molecule has 1 atom stereocenters. The molecule has 0 aliphatic heterocycles. The van der Waals surface area contributed by atoms with Gasteiger partial charge in [0.05, 0.1) is 6.73 Å². The fourth-order valence-corrected chi connectivity index (χ4v) is 1.86. The van der Waals surface area contributed by atoms with Crippen LogP contribution in [0.4, 0.5) is 0 Å². The Morgan fingerprint density at radius 1 is 0.789 bits per heavy atom. The van der Waals surface area contributed by atoms with Crippen LogP contribution in [0.1, 0.15) is 12.8 Å². The highest BCUT2D eigenvalue weighted by molar-refractivity contribution is 4.60. The molecule has 0 amide bonds. The molecular weight excluding hydrogens is 244 g/mol. The first-order valence-corrected chi connectivity index (χ1v) is 6.91. The second-order valence-electron chi connectivity index (χ2n) is 5.54. The third-order valence-corrected chi connectivity index (χ3v) is 3.20. The molecule has 19 heavy (non-hydrogen) atoms. The zero-order valence-electron chi connectivity index (χ0n) is 13.2. The minimum atomic E-state index is -0.540. The summed E-state index contributed by atoms with van der Waals surface area (Å²) in [4.78, 5) is 7.88. The van der Waals surface area contributed by atoms with Gasteiger partial charge in [0.15, 0.2) is 6.35 Å². The topological polar surface area (TPSA) is 53.4 Å². The van der Waals surface area contributed by atoms with Crippen molar-refractivity contribution in [3.8, 4) is 0 Å². The van der Waals surface area contributed by atoms with Crippen LogP contribution < -0.4 is 0 Å². The lowest BCUT2D eigenvalue weighted by Gasteiger charge is -2.31. The van der Waals surface area contributed by atoms with E-state index < -0.39 is 6.35 Å². The van der Waals surface area contributed by atoms with Crippen molar-refractivity contribution in [3.05, 3.63) is 0 Å². The van der Waals surface area contributed by atoms with Gasteiger partial charge >= 0.3 is 0 Å². The van der Waals surface area contributed by atoms with Crippen LogP contribution in [0.25, 0.3) is 0 Å². The highest BCUT2D eigenvalue weighted by Gasteiger charge is 2.15. The van der Waals surface area contributed by atoms with Crippen molar-refractivity contribution in [1.29, 1.82) is 0 Å². The lowest BCUT2D eigenvalue weighted by molar-refractivity contribution is -0.0905. The van der Waals surface area contributed by atoms with Gasteiger partial charge in [-0.2, -0.15) is 0 Å². The van der Waals surface area contributed by atoms with E-state index in [4.69, 9.17) is 5.11 Å². The number of aliphatic hydroxyl groups excluding tert-OH is 2. The molecule has 0 bridgehead atoms. The van der Waals surface area contributed by atoms with Crippen molar-refractivity contribution in [1.82, 2.24) is 19.6 Å². The summed E-state index contributed by atoms with van der Waals surface area (Å²) in [7, 11) is 9.85. The fourth-order valence-electron chi connectivity index (χ4n) is 1.86. The average molecular weight is 276 g/mol. The molecule has 0 spiro atoms. The summed E-state index contributed by atoms with van der Waals surface area (Å²) in [6.07, 6.45) is 1.43. The van der Waals surface area contributed by atoms with Gasteiger partial charge in [-0.05, 0) is 54.6 Å². The summed E-state index contributed by atoms with van der Waals surface area (Å²) in [5.74, 6) is 0. The molecule has 0 fully saturated rings. The molecule has 0 aromatic carbocycles. The second-order valence-corrected chi connectivity index (χ2v) is 5.54. The summed E-state index contributed by atoms with van der Waals surface area (Å²) in [6.45, 7) is 3.63. The first kappa shape index (κ1) is 18.8. The Morgan fingerprint density at radius 3 is 1.68 bits per heavy atom. The Hall–Kier alpha value is -0.240. The van der Waals surface area contributed by atoms with Crippen LogP contribution in [-0.2, 0) is 0 Å². The first-order chi connectivity index (χ1) is 8.88.